The van der Waals surface area contributed by atoms with Crippen LogP contribution in [0.2, 0.25) is 0 Å². The first-order valence-electron chi connectivity index (χ1n) is 7.92. The number of halogens is 1. The van der Waals surface area contributed by atoms with Gasteiger partial charge in [0.15, 0.2) is 0 Å². The number of nitrogens with one attached hydrogen (secondary N) is 2. The molecular weight excluding hydrogens is 338 g/mol. The molecule has 25 heavy (non-hydrogen) atoms. The van der Waals surface area contributed by atoms with Crippen LogP contribution in [0.25, 0.3) is 0 Å². The zero-order valence-corrected chi connectivity index (χ0v) is 15.4. The molecule has 0 atom stereocenters. The third-order valence-corrected chi connectivity index (χ3v) is 3.73. The third kappa shape index (κ3) is 5.59. The van der Waals surface area contributed by atoms with Crippen LogP contribution in [-0.2, 0) is 11.3 Å². The Kier molecular flexibility index (Phi) is 7.61. The Balaban J connectivity index is 0.00000312. The summed E-state index contributed by atoms with van der Waals surface area (Å²) in [6.45, 7) is 6.01. The number of aryl methyl sites for hydroxylation is 1. The van der Waals surface area contributed by atoms with Gasteiger partial charge >= 0.3 is 0 Å². The van der Waals surface area contributed by atoms with E-state index < -0.39 is 0 Å². The number of rotatable bonds is 5. The fourth-order valence-electron chi connectivity index (χ4n) is 2.11. The van der Waals surface area contributed by atoms with Gasteiger partial charge in [-0.05, 0) is 42.3 Å². The second-order valence-electron chi connectivity index (χ2n) is 6.03. The van der Waals surface area contributed by atoms with Crippen molar-refractivity contribution in [2.75, 3.05) is 10.6 Å². The van der Waals surface area contributed by atoms with E-state index in [9.17, 15) is 9.59 Å². The van der Waals surface area contributed by atoms with Crippen LogP contribution in [0.1, 0.15) is 35.3 Å². The van der Waals surface area contributed by atoms with Crippen LogP contribution >= 0.6 is 12.4 Å². The Labute approximate surface area is 154 Å². The van der Waals surface area contributed by atoms with Crippen LogP contribution in [0, 0.1) is 12.8 Å². The maximum absolute atomic E-state index is 12.4. The van der Waals surface area contributed by atoms with Crippen LogP contribution in [0.15, 0.2) is 42.5 Å². The van der Waals surface area contributed by atoms with Crippen molar-refractivity contribution in [3.8, 4) is 0 Å². The molecule has 0 unspecified atom stereocenters. The van der Waals surface area contributed by atoms with Crippen LogP contribution in [-0.4, -0.2) is 11.8 Å². The molecule has 0 heterocycles. The zero-order valence-electron chi connectivity index (χ0n) is 14.6. The summed E-state index contributed by atoms with van der Waals surface area (Å²) in [4.78, 5) is 24.2. The monoisotopic (exact) mass is 361 g/mol. The second-order valence-corrected chi connectivity index (χ2v) is 6.03. The van der Waals surface area contributed by atoms with Gasteiger partial charge in [0.2, 0.25) is 5.91 Å². The van der Waals surface area contributed by atoms with Gasteiger partial charge in [0, 0.05) is 29.4 Å². The summed E-state index contributed by atoms with van der Waals surface area (Å²) in [6.07, 6.45) is 0. The average Bonchev–Trinajstić information content (AvgIpc) is 2.57. The Hall–Kier alpha value is -2.37. The molecule has 2 aromatic rings. The third-order valence-electron chi connectivity index (χ3n) is 3.73. The van der Waals surface area contributed by atoms with E-state index in [1.165, 1.54) is 0 Å². The molecule has 0 spiro atoms. The molecule has 2 amide bonds. The number of amides is 2. The van der Waals surface area contributed by atoms with Gasteiger partial charge in [-0.3, -0.25) is 9.59 Å². The fourth-order valence-corrected chi connectivity index (χ4v) is 2.11. The number of carbonyl (C=O) groups is 2. The Morgan fingerprint density at radius 1 is 1.04 bits per heavy atom. The maximum atomic E-state index is 12.4. The van der Waals surface area contributed by atoms with E-state index in [-0.39, 0.29) is 30.1 Å². The van der Waals surface area contributed by atoms with Gasteiger partial charge in [-0.2, -0.15) is 0 Å². The summed E-state index contributed by atoms with van der Waals surface area (Å²) < 4.78 is 0. The highest BCUT2D eigenvalue weighted by atomic mass is 35.5. The predicted octanol–water partition coefficient (Wildman–Crippen LogP) is 3.72. The first kappa shape index (κ1) is 20.7. The molecule has 0 saturated carbocycles. The van der Waals surface area contributed by atoms with Gasteiger partial charge in [-0.1, -0.05) is 32.0 Å². The molecular formula is C19H24ClN3O2. The molecule has 0 aromatic heterocycles. The van der Waals surface area contributed by atoms with Gasteiger partial charge in [0.1, 0.15) is 0 Å². The molecule has 0 aliphatic heterocycles. The highest BCUT2D eigenvalue weighted by Gasteiger charge is 2.11. The lowest BCUT2D eigenvalue weighted by atomic mass is 10.1. The number of anilines is 2. The van der Waals surface area contributed by atoms with E-state index in [0.29, 0.717) is 23.5 Å². The van der Waals surface area contributed by atoms with Gasteiger partial charge in [0.05, 0.1) is 0 Å². The molecule has 0 aliphatic carbocycles. The van der Waals surface area contributed by atoms with Crippen molar-refractivity contribution < 1.29 is 9.59 Å². The van der Waals surface area contributed by atoms with Gasteiger partial charge in [0.25, 0.3) is 5.91 Å². The molecule has 0 saturated heterocycles. The number of benzene rings is 2. The number of carbonyl (C=O) groups excluding carboxylic acids is 2. The Morgan fingerprint density at radius 3 is 2.24 bits per heavy atom. The summed E-state index contributed by atoms with van der Waals surface area (Å²) in [5.41, 5.74) is 9.35. The summed E-state index contributed by atoms with van der Waals surface area (Å²) in [5, 5.41) is 5.72. The first-order chi connectivity index (χ1) is 11.4. The maximum Gasteiger partial charge on any atom is 0.255 e. The summed E-state index contributed by atoms with van der Waals surface area (Å²) >= 11 is 0. The SMILES string of the molecule is Cc1ccc(NC(=O)C(C)C)cc1NC(=O)c1ccc(CN)cc1.Cl. The molecule has 2 aromatic carbocycles. The van der Waals surface area contributed by atoms with E-state index in [2.05, 4.69) is 10.6 Å². The number of nitrogens with two attached hydrogens (primary N) is 1. The van der Waals surface area contributed by atoms with E-state index in [1.54, 1.807) is 18.2 Å². The fraction of sp³-hybridized carbons (Fsp3) is 0.263. The molecule has 5 nitrogen and oxygen atoms in total. The normalized spacial score (nSPS) is 10.1. The molecule has 2 rings (SSSR count). The first-order valence-corrected chi connectivity index (χ1v) is 7.92. The highest BCUT2D eigenvalue weighted by Crippen LogP contribution is 2.21. The van der Waals surface area contributed by atoms with Crippen molar-refractivity contribution in [2.45, 2.75) is 27.3 Å². The molecule has 4 N–H and O–H groups in total. The zero-order chi connectivity index (χ0) is 17.7. The highest BCUT2D eigenvalue weighted by molar-refractivity contribution is 6.05. The van der Waals surface area contributed by atoms with E-state index >= 15 is 0 Å². The molecule has 0 fully saturated rings. The van der Waals surface area contributed by atoms with Gasteiger partial charge in [-0.25, -0.2) is 0 Å². The molecule has 0 bridgehead atoms. The van der Waals surface area contributed by atoms with Crippen LogP contribution in [0.4, 0.5) is 11.4 Å². The van der Waals surface area contributed by atoms with Crippen molar-refractivity contribution in [2.24, 2.45) is 11.7 Å². The smallest absolute Gasteiger partial charge is 0.255 e. The van der Waals surface area contributed by atoms with Crippen LogP contribution in [0.3, 0.4) is 0 Å². The van der Waals surface area contributed by atoms with Crippen molar-refractivity contribution in [3.05, 3.63) is 59.2 Å². The Bertz CT molecular complexity index is 743. The minimum atomic E-state index is -0.200. The topological polar surface area (TPSA) is 84.2 Å². The van der Waals surface area contributed by atoms with Gasteiger partial charge < -0.3 is 16.4 Å². The molecule has 0 radical (unpaired) electrons. The van der Waals surface area contributed by atoms with Crippen molar-refractivity contribution in [1.82, 2.24) is 0 Å². The van der Waals surface area contributed by atoms with E-state index in [1.807, 2.05) is 45.0 Å². The van der Waals surface area contributed by atoms with Crippen molar-refractivity contribution in [3.63, 3.8) is 0 Å². The lowest BCUT2D eigenvalue weighted by molar-refractivity contribution is -0.118. The van der Waals surface area contributed by atoms with E-state index in [0.717, 1.165) is 11.1 Å². The lowest BCUT2D eigenvalue weighted by Crippen LogP contribution is -2.18. The Morgan fingerprint density at radius 2 is 1.68 bits per heavy atom. The molecule has 0 aliphatic rings. The second kappa shape index (κ2) is 9.20. The minimum Gasteiger partial charge on any atom is -0.326 e. The predicted molar refractivity (Wildman–Crippen MR) is 104 cm³/mol. The van der Waals surface area contributed by atoms with Gasteiger partial charge in [-0.15, -0.1) is 12.4 Å². The average molecular weight is 362 g/mol. The largest absolute Gasteiger partial charge is 0.326 e. The van der Waals surface area contributed by atoms with Crippen LogP contribution in [0.5, 0.6) is 0 Å². The minimum absolute atomic E-state index is 0. The summed E-state index contributed by atoms with van der Waals surface area (Å²) in [6, 6.07) is 12.6. The number of hydrogen-bond donors (Lipinski definition) is 3. The summed E-state index contributed by atoms with van der Waals surface area (Å²) in [7, 11) is 0. The van der Waals surface area contributed by atoms with E-state index in [4.69, 9.17) is 5.73 Å². The standard InChI is InChI=1S/C19H23N3O2.ClH/c1-12(2)18(23)21-16-9-4-13(3)17(10-16)22-19(24)15-7-5-14(11-20)6-8-15;/h4-10,12H,11,20H2,1-3H3,(H,21,23)(H,22,24);1H. The number of hydrogen-bond acceptors (Lipinski definition) is 3. The molecule has 6 heteroatoms. The summed E-state index contributed by atoms with van der Waals surface area (Å²) in [5.74, 6) is -0.368. The quantitative estimate of drug-likeness (QED) is 0.758. The van der Waals surface area contributed by atoms with Crippen LogP contribution < -0.4 is 16.4 Å². The van der Waals surface area contributed by atoms with Crippen molar-refractivity contribution >= 4 is 35.6 Å². The molecule has 134 valence electrons. The van der Waals surface area contributed by atoms with Crippen molar-refractivity contribution in [1.29, 1.82) is 0 Å². The lowest BCUT2D eigenvalue weighted by Gasteiger charge is -2.13.